The second-order valence-electron chi connectivity index (χ2n) is 7.98. The van der Waals surface area contributed by atoms with Gasteiger partial charge in [0.15, 0.2) is 5.66 Å². The topological polar surface area (TPSA) is 53.8 Å². The van der Waals surface area contributed by atoms with Crippen molar-refractivity contribution in [2.24, 2.45) is 9.98 Å². The third-order valence-electron chi connectivity index (χ3n) is 5.53. The van der Waals surface area contributed by atoms with Crippen molar-refractivity contribution in [3.05, 3.63) is 64.7 Å². The highest BCUT2D eigenvalue weighted by molar-refractivity contribution is 8.16. The predicted octanol–water partition coefficient (Wildman–Crippen LogP) is 6.27. The van der Waals surface area contributed by atoms with Crippen LogP contribution in [0.4, 0.5) is 5.69 Å². The molecule has 1 heterocycles. The minimum absolute atomic E-state index is 0.0601. The first-order valence-electron chi connectivity index (χ1n) is 10.5. The number of nitrogens with one attached hydrogen (secondary N) is 1. The summed E-state index contributed by atoms with van der Waals surface area (Å²) in [4.78, 5) is 22.7. The summed E-state index contributed by atoms with van der Waals surface area (Å²) in [7, 11) is 0. The van der Waals surface area contributed by atoms with E-state index in [2.05, 4.69) is 36.5 Å². The molecule has 4 rings (SSSR count). The van der Waals surface area contributed by atoms with Crippen LogP contribution in [-0.4, -0.2) is 28.1 Å². The third-order valence-corrected chi connectivity index (χ3v) is 6.75. The summed E-state index contributed by atoms with van der Waals surface area (Å²) in [5, 5.41) is 4.45. The molecule has 1 saturated carbocycles. The van der Waals surface area contributed by atoms with Gasteiger partial charge in [-0.1, -0.05) is 66.0 Å². The van der Waals surface area contributed by atoms with Gasteiger partial charge in [0.05, 0.1) is 11.5 Å². The van der Waals surface area contributed by atoms with Crippen molar-refractivity contribution in [3.63, 3.8) is 0 Å². The molecule has 2 aliphatic rings. The summed E-state index contributed by atoms with van der Waals surface area (Å²) in [5.41, 5.74) is 3.62. The van der Waals surface area contributed by atoms with Crippen LogP contribution in [0.1, 0.15) is 49.7 Å². The van der Waals surface area contributed by atoms with Crippen molar-refractivity contribution < 1.29 is 4.79 Å². The molecule has 0 atom stereocenters. The Hall–Kier alpha value is -2.11. The first-order chi connectivity index (χ1) is 14.5. The quantitative estimate of drug-likeness (QED) is 0.610. The average Bonchev–Trinajstić information content (AvgIpc) is 2.93. The maximum Gasteiger partial charge on any atom is 0.234 e. The van der Waals surface area contributed by atoms with E-state index in [1.807, 2.05) is 0 Å². The molecule has 1 N–H and O–H groups in total. The van der Waals surface area contributed by atoms with Crippen LogP contribution in [0.15, 0.2) is 58.5 Å². The zero-order valence-electron chi connectivity index (χ0n) is 17.2. The molecule has 156 valence electrons. The number of amides is 1. The van der Waals surface area contributed by atoms with Gasteiger partial charge in [-0.05, 0) is 56.9 Å². The Balaban J connectivity index is 1.51. The summed E-state index contributed by atoms with van der Waals surface area (Å²) in [5.74, 6) is 0.234. The number of anilines is 1. The highest BCUT2D eigenvalue weighted by Crippen LogP contribution is 2.38. The summed E-state index contributed by atoms with van der Waals surface area (Å²) in [6, 6.07) is 15.6. The Labute approximate surface area is 187 Å². The van der Waals surface area contributed by atoms with E-state index in [9.17, 15) is 4.79 Å². The number of benzene rings is 2. The number of hydrogen-bond donors (Lipinski definition) is 1. The Kier molecular flexibility index (Phi) is 6.59. The number of thioether (sulfide) groups is 1. The van der Waals surface area contributed by atoms with Gasteiger partial charge in [-0.25, -0.2) is 4.99 Å². The molecule has 2 aromatic rings. The van der Waals surface area contributed by atoms with Crippen LogP contribution in [0.2, 0.25) is 5.02 Å². The molecule has 0 saturated heterocycles. The van der Waals surface area contributed by atoms with Gasteiger partial charge >= 0.3 is 0 Å². The minimum atomic E-state index is -0.342. The lowest BCUT2D eigenvalue weighted by molar-refractivity contribution is -0.113. The fourth-order valence-corrected chi connectivity index (χ4v) is 4.91. The van der Waals surface area contributed by atoms with E-state index in [0.29, 0.717) is 10.8 Å². The van der Waals surface area contributed by atoms with Crippen molar-refractivity contribution in [3.8, 4) is 0 Å². The lowest BCUT2D eigenvalue weighted by atomic mass is 10.0. The Morgan fingerprint density at radius 3 is 2.33 bits per heavy atom. The van der Waals surface area contributed by atoms with Crippen LogP contribution in [0.3, 0.4) is 0 Å². The molecule has 2 aromatic carbocycles. The van der Waals surface area contributed by atoms with Gasteiger partial charge in [0, 0.05) is 16.3 Å². The second-order valence-corrected chi connectivity index (χ2v) is 9.38. The molecule has 1 spiro atoms. The van der Waals surface area contributed by atoms with Crippen molar-refractivity contribution in [2.75, 3.05) is 11.1 Å². The van der Waals surface area contributed by atoms with Crippen LogP contribution in [0.5, 0.6) is 0 Å². The molecular weight excluding hydrogens is 414 g/mol. The molecule has 1 aliphatic carbocycles. The summed E-state index contributed by atoms with van der Waals surface area (Å²) in [6.07, 6.45) is 6.79. The Bertz CT molecular complexity index is 959. The van der Waals surface area contributed by atoms with Crippen LogP contribution in [-0.2, 0) is 4.79 Å². The number of carbonyl (C=O) groups is 1. The molecular formula is C24H26ClN3OS. The van der Waals surface area contributed by atoms with Gasteiger partial charge in [0.25, 0.3) is 0 Å². The first-order valence-corrected chi connectivity index (χ1v) is 11.8. The van der Waals surface area contributed by atoms with Crippen LogP contribution in [0, 0.1) is 6.92 Å². The standard InChI is InChI=1S/C24H26ClN3OS/c1-17-6-8-18(9-7-17)22-23(28-24(27-22)14-4-2-3-5-15-24)30-16-21(29)26-20-12-10-19(25)11-13-20/h6-13H,2-5,14-16H2,1H3,(H,26,29). The molecule has 0 bridgehead atoms. The lowest BCUT2D eigenvalue weighted by Crippen LogP contribution is -2.20. The molecule has 0 unspecified atom stereocenters. The summed E-state index contributed by atoms with van der Waals surface area (Å²) in [6.45, 7) is 2.08. The molecule has 6 heteroatoms. The molecule has 1 aliphatic heterocycles. The molecule has 0 radical (unpaired) electrons. The number of nitrogens with zero attached hydrogens (tertiary/aromatic N) is 2. The molecule has 30 heavy (non-hydrogen) atoms. The SMILES string of the molecule is Cc1ccc(C2=NC3(CCCCCC3)N=C2SCC(=O)Nc2ccc(Cl)cc2)cc1. The van der Waals surface area contributed by atoms with Gasteiger partial charge in [-0.2, -0.15) is 0 Å². The Morgan fingerprint density at radius 2 is 1.67 bits per heavy atom. The average molecular weight is 440 g/mol. The summed E-state index contributed by atoms with van der Waals surface area (Å²) >= 11 is 7.39. The minimum Gasteiger partial charge on any atom is -0.325 e. The van der Waals surface area contributed by atoms with E-state index >= 15 is 0 Å². The highest BCUT2D eigenvalue weighted by atomic mass is 35.5. The van der Waals surface area contributed by atoms with E-state index in [4.69, 9.17) is 21.6 Å². The number of halogens is 1. The maximum atomic E-state index is 12.5. The fraction of sp³-hybridized carbons (Fsp3) is 0.375. The zero-order chi connectivity index (χ0) is 21.0. The molecule has 1 fully saturated rings. The third kappa shape index (κ3) is 5.13. The van der Waals surface area contributed by atoms with Gasteiger partial charge < -0.3 is 5.32 Å². The van der Waals surface area contributed by atoms with Crippen molar-refractivity contribution in [1.29, 1.82) is 0 Å². The monoisotopic (exact) mass is 439 g/mol. The lowest BCUT2D eigenvalue weighted by Gasteiger charge is -2.20. The van der Waals surface area contributed by atoms with E-state index in [1.165, 1.54) is 30.2 Å². The van der Waals surface area contributed by atoms with Crippen molar-refractivity contribution in [2.45, 2.75) is 51.1 Å². The maximum absolute atomic E-state index is 12.5. The van der Waals surface area contributed by atoms with Gasteiger partial charge in [-0.3, -0.25) is 9.79 Å². The van der Waals surface area contributed by atoms with E-state index in [0.717, 1.165) is 47.7 Å². The number of aliphatic imine (C=N–C) groups is 2. The number of aryl methyl sites for hydroxylation is 1. The van der Waals surface area contributed by atoms with Crippen molar-refractivity contribution >= 4 is 45.7 Å². The van der Waals surface area contributed by atoms with E-state index in [-0.39, 0.29) is 11.6 Å². The number of rotatable bonds is 4. The van der Waals surface area contributed by atoms with Crippen molar-refractivity contribution in [1.82, 2.24) is 0 Å². The molecule has 1 amide bonds. The predicted molar refractivity (Wildman–Crippen MR) is 128 cm³/mol. The van der Waals surface area contributed by atoms with Crippen LogP contribution < -0.4 is 5.32 Å². The molecule has 4 nitrogen and oxygen atoms in total. The van der Waals surface area contributed by atoms with E-state index in [1.54, 1.807) is 24.3 Å². The van der Waals surface area contributed by atoms with Gasteiger partial charge in [-0.15, -0.1) is 0 Å². The zero-order valence-corrected chi connectivity index (χ0v) is 18.7. The van der Waals surface area contributed by atoms with Crippen LogP contribution in [0.25, 0.3) is 0 Å². The first kappa shape index (κ1) is 21.1. The normalized spacial score (nSPS) is 17.9. The second kappa shape index (κ2) is 9.36. The van der Waals surface area contributed by atoms with E-state index < -0.39 is 0 Å². The highest BCUT2D eigenvalue weighted by Gasteiger charge is 2.37. The largest absolute Gasteiger partial charge is 0.325 e. The van der Waals surface area contributed by atoms with Gasteiger partial charge in [0.2, 0.25) is 5.91 Å². The Morgan fingerprint density at radius 1 is 1.00 bits per heavy atom. The summed E-state index contributed by atoms with van der Waals surface area (Å²) < 4.78 is 0. The number of hydrogen-bond acceptors (Lipinski definition) is 4. The van der Waals surface area contributed by atoms with Crippen LogP contribution >= 0.6 is 23.4 Å². The molecule has 0 aromatic heterocycles. The smallest absolute Gasteiger partial charge is 0.234 e. The fourth-order valence-electron chi connectivity index (χ4n) is 3.91. The van der Waals surface area contributed by atoms with Gasteiger partial charge in [0.1, 0.15) is 5.04 Å². The number of carbonyl (C=O) groups excluding carboxylic acids is 1.